The van der Waals surface area contributed by atoms with Crippen molar-refractivity contribution in [1.29, 1.82) is 0 Å². The quantitative estimate of drug-likeness (QED) is 0.780. The fourth-order valence-electron chi connectivity index (χ4n) is 2.86. The van der Waals surface area contributed by atoms with Crippen LogP contribution in [-0.2, 0) is 4.79 Å². The molecule has 5 nitrogen and oxygen atoms in total. The highest BCUT2D eigenvalue weighted by molar-refractivity contribution is 5.92. The number of carbonyl (C=O) groups is 1. The van der Waals surface area contributed by atoms with E-state index in [9.17, 15) is 4.79 Å². The Bertz CT molecular complexity index is 906. The number of fused-ring (bicyclic) bond motifs is 1. The molecule has 1 amide bonds. The Morgan fingerprint density at radius 1 is 1.08 bits per heavy atom. The average molecular weight is 332 g/mol. The SMILES string of the molecule is CN(CC(=O)NC1CC1)c1nc(-c2ccccc2)nc2ccccc12. The van der Waals surface area contributed by atoms with Gasteiger partial charge in [0.2, 0.25) is 5.91 Å². The van der Waals surface area contributed by atoms with Crippen molar-refractivity contribution < 1.29 is 4.79 Å². The number of aromatic nitrogens is 2. The molecule has 1 aromatic heterocycles. The van der Waals surface area contributed by atoms with E-state index in [1.165, 1.54) is 0 Å². The summed E-state index contributed by atoms with van der Waals surface area (Å²) < 4.78 is 0. The number of carbonyl (C=O) groups excluding carboxylic acids is 1. The molecule has 5 heteroatoms. The van der Waals surface area contributed by atoms with Crippen molar-refractivity contribution in [2.75, 3.05) is 18.5 Å². The summed E-state index contributed by atoms with van der Waals surface area (Å²) in [4.78, 5) is 23.5. The first kappa shape index (κ1) is 15.6. The molecule has 126 valence electrons. The molecule has 1 fully saturated rings. The van der Waals surface area contributed by atoms with Crippen molar-refractivity contribution in [3.8, 4) is 11.4 Å². The fourth-order valence-corrected chi connectivity index (χ4v) is 2.86. The zero-order chi connectivity index (χ0) is 17.2. The number of rotatable bonds is 5. The number of nitrogens with zero attached hydrogens (tertiary/aromatic N) is 3. The number of nitrogens with one attached hydrogen (secondary N) is 1. The van der Waals surface area contributed by atoms with E-state index in [1.807, 2.05) is 66.5 Å². The standard InChI is InChI=1S/C20H20N4O/c1-24(13-18(25)21-15-11-12-15)20-16-9-5-6-10-17(16)22-19(23-20)14-7-3-2-4-8-14/h2-10,15H,11-13H2,1H3,(H,21,25). The van der Waals surface area contributed by atoms with Gasteiger partial charge in [-0.05, 0) is 25.0 Å². The van der Waals surface area contributed by atoms with Crippen LogP contribution in [-0.4, -0.2) is 35.5 Å². The molecule has 1 N–H and O–H groups in total. The highest BCUT2D eigenvalue weighted by Gasteiger charge is 2.24. The van der Waals surface area contributed by atoms with E-state index in [2.05, 4.69) is 10.3 Å². The third-order valence-corrected chi connectivity index (χ3v) is 4.30. The summed E-state index contributed by atoms with van der Waals surface area (Å²) in [7, 11) is 1.90. The molecule has 1 saturated carbocycles. The van der Waals surface area contributed by atoms with E-state index in [4.69, 9.17) is 4.98 Å². The summed E-state index contributed by atoms with van der Waals surface area (Å²) >= 11 is 0. The van der Waals surface area contributed by atoms with Gasteiger partial charge < -0.3 is 10.2 Å². The van der Waals surface area contributed by atoms with E-state index < -0.39 is 0 Å². The van der Waals surface area contributed by atoms with Crippen LogP contribution in [0.1, 0.15) is 12.8 Å². The Labute approximate surface area is 146 Å². The maximum Gasteiger partial charge on any atom is 0.239 e. The molecule has 0 spiro atoms. The summed E-state index contributed by atoms with van der Waals surface area (Å²) in [5, 5.41) is 3.97. The van der Waals surface area contributed by atoms with E-state index in [-0.39, 0.29) is 12.5 Å². The van der Waals surface area contributed by atoms with Gasteiger partial charge in [-0.3, -0.25) is 4.79 Å². The van der Waals surface area contributed by atoms with Crippen molar-refractivity contribution in [3.05, 3.63) is 54.6 Å². The minimum atomic E-state index is 0.0361. The van der Waals surface area contributed by atoms with Crippen LogP contribution >= 0.6 is 0 Å². The number of benzene rings is 2. The molecule has 0 aliphatic heterocycles. The number of likely N-dealkylation sites (N-methyl/N-ethyl adjacent to an activating group) is 1. The molecule has 4 rings (SSSR count). The van der Waals surface area contributed by atoms with E-state index in [0.717, 1.165) is 35.1 Å². The molecular formula is C20H20N4O. The number of anilines is 1. The second-order valence-electron chi connectivity index (χ2n) is 6.45. The van der Waals surface area contributed by atoms with Gasteiger partial charge in [-0.1, -0.05) is 42.5 Å². The highest BCUT2D eigenvalue weighted by Crippen LogP contribution is 2.27. The summed E-state index contributed by atoms with van der Waals surface area (Å²) in [6.07, 6.45) is 2.17. The lowest BCUT2D eigenvalue weighted by atomic mass is 10.2. The second-order valence-corrected chi connectivity index (χ2v) is 6.45. The molecule has 1 aliphatic carbocycles. The van der Waals surface area contributed by atoms with Gasteiger partial charge in [-0.25, -0.2) is 9.97 Å². The van der Waals surface area contributed by atoms with Crippen LogP contribution < -0.4 is 10.2 Å². The van der Waals surface area contributed by atoms with Crippen LogP contribution in [0.3, 0.4) is 0 Å². The lowest BCUT2D eigenvalue weighted by Gasteiger charge is -2.20. The lowest BCUT2D eigenvalue weighted by molar-refractivity contribution is -0.119. The van der Waals surface area contributed by atoms with Gasteiger partial charge in [0.1, 0.15) is 5.82 Å². The predicted octanol–water partition coefficient (Wildman–Crippen LogP) is 3.01. The maximum atomic E-state index is 12.2. The zero-order valence-corrected chi connectivity index (χ0v) is 14.1. The second kappa shape index (κ2) is 6.51. The lowest BCUT2D eigenvalue weighted by Crippen LogP contribution is -2.36. The first-order valence-electron chi connectivity index (χ1n) is 8.53. The van der Waals surface area contributed by atoms with Gasteiger partial charge in [-0.15, -0.1) is 0 Å². The molecule has 3 aromatic rings. The van der Waals surface area contributed by atoms with Gasteiger partial charge in [0, 0.05) is 24.0 Å². The van der Waals surface area contributed by atoms with Crippen molar-refractivity contribution >= 4 is 22.6 Å². The Morgan fingerprint density at radius 2 is 1.80 bits per heavy atom. The monoisotopic (exact) mass is 332 g/mol. The zero-order valence-electron chi connectivity index (χ0n) is 14.1. The number of hydrogen-bond donors (Lipinski definition) is 1. The average Bonchev–Trinajstić information content (AvgIpc) is 3.45. The Hall–Kier alpha value is -2.95. The van der Waals surface area contributed by atoms with Crippen LogP contribution in [0, 0.1) is 0 Å². The van der Waals surface area contributed by atoms with Crippen molar-refractivity contribution in [3.63, 3.8) is 0 Å². The first-order valence-corrected chi connectivity index (χ1v) is 8.53. The van der Waals surface area contributed by atoms with Gasteiger partial charge in [0.05, 0.1) is 12.1 Å². The van der Waals surface area contributed by atoms with E-state index >= 15 is 0 Å². The minimum Gasteiger partial charge on any atom is -0.352 e. The van der Waals surface area contributed by atoms with Crippen molar-refractivity contribution in [2.24, 2.45) is 0 Å². The summed E-state index contributed by atoms with van der Waals surface area (Å²) in [5.41, 5.74) is 1.84. The Morgan fingerprint density at radius 3 is 2.56 bits per heavy atom. The van der Waals surface area contributed by atoms with E-state index in [0.29, 0.717) is 11.9 Å². The fraction of sp³-hybridized carbons (Fsp3) is 0.250. The van der Waals surface area contributed by atoms with Gasteiger partial charge >= 0.3 is 0 Å². The van der Waals surface area contributed by atoms with Crippen LogP contribution in [0.15, 0.2) is 54.6 Å². The summed E-state index contributed by atoms with van der Waals surface area (Å²) in [6.45, 7) is 0.283. The molecule has 1 aliphatic rings. The van der Waals surface area contributed by atoms with Crippen molar-refractivity contribution in [2.45, 2.75) is 18.9 Å². The van der Waals surface area contributed by atoms with Crippen LogP contribution in [0.25, 0.3) is 22.3 Å². The molecule has 0 radical (unpaired) electrons. The van der Waals surface area contributed by atoms with Crippen LogP contribution in [0.5, 0.6) is 0 Å². The van der Waals surface area contributed by atoms with Gasteiger partial charge in [0.25, 0.3) is 0 Å². The van der Waals surface area contributed by atoms with Gasteiger partial charge in [-0.2, -0.15) is 0 Å². The van der Waals surface area contributed by atoms with Crippen LogP contribution in [0.2, 0.25) is 0 Å². The molecule has 0 atom stereocenters. The third kappa shape index (κ3) is 3.45. The summed E-state index contributed by atoms with van der Waals surface area (Å²) in [5.74, 6) is 1.48. The normalized spacial score (nSPS) is 13.6. The molecule has 2 aromatic carbocycles. The van der Waals surface area contributed by atoms with Crippen LogP contribution in [0.4, 0.5) is 5.82 Å². The topological polar surface area (TPSA) is 58.1 Å². The Balaban J connectivity index is 1.71. The smallest absolute Gasteiger partial charge is 0.239 e. The first-order chi connectivity index (χ1) is 12.2. The van der Waals surface area contributed by atoms with E-state index in [1.54, 1.807) is 0 Å². The molecule has 25 heavy (non-hydrogen) atoms. The number of para-hydroxylation sites is 1. The maximum absolute atomic E-state index is 12.2. The predicted molar refractivity (Wildman–Crippen MR) is 99.4 cm³/mol. The molecule has 1 heterocycles. The minimum absolute atomic E-state index is 0.0361. The van der Waals surface area contributed by atoms with Crippen molar-refractivity contribution in [1.82, 2.24) is 15.3 Å². The van der Waals surface area contributed by atoms with Gasteiger partial charge in [0.15, 0.2) is 5.82 Å². The molecule has 0 unspecified atom stereocenters. The third-order valence-electron chi connectivity index (χ3n) is 4.30. The molecule has 0 saturated heterocycles. The highest BCUT2D eigenvalue weighted by atomic mass is 16.2. The number of amides is 1. The number of hydrogen-bond acceptors (Lipinski definition) is 4. The Kier molecular flexibility index (Phi) is 4.06. The largest absolute Gasteiger partial charge is 0.352 e. The summed E-state index contributed by atoms with van der Waals surface area (Å²) in [6, 6.07) is 18.2. The molecular weight excluding hydrogens is 312 g/mol. The molecule has 0 bridgehead atoms.